The molecule has 1 unspecified atom stereocenters. The summed E-state index contributed by atoms with van der Waals surface area (Å²) in [6.07, 6.45) is 4.00. The van der Waals surface area contributed by atoms with E-state index in [1.54, 1.807) is 18.7 Å². The van der Waals surface area contributed by atoms with E-state index in [1.165, 1.54) is 9.21 Å². The Kier molecular flexibility index (Phi) is 7.14. The molecule has 1 atom stereocenters. The molecular weight excluding hydrogens is 328 g/mol. The third-order valence-electron chi connectivity index (χ3n) is 3.76. The zero-order chi connectivity index (χ0) is 16.9. The Bertz CT molecular complexity index is 501. The van der Waals surface area contributed by atoms with Crippen molar-refractivity contribution >= 4 is 33.7 Å². The van der Waals surface area contributed by atoms with Crippen LogP contribution in [0.4, 0.5) is 0 Å². The van der Waals surface area contributed by atoms with Gasteiger partial charge in [0.05, 0.1) is 6.26 Å². The van der Waals surface area contributed by atoms with Gasteiger partial charge in [-0.25, -0.2) is 12.7 Å². The number of carboxylic acid groups (broad SMARTS) is 1. The average molecular weight is 352 g/mol. The van der Waals surface area contributed by atoms with Gasteiger partial charge in [-0.2, -0.15) is 11.8 Å². The predicted molar refractivity (Wildman–Crippen MR) is 86.3 cm³/mol. The summed E-state index contributed by atoms with van der Waals surface area (Å²) in [5, 5.41) is 9.05. The molecule has 0 spiro atoms. The Hall–Kier alpha value is -0.800. The molecule has 9 heteroatoms. The molecule has 0 aromatic rings. The minimum Gasteiger partial charge on any atom is -0.480 e. The van der Waals surface area contributed by atoms with Crippen LogP contribution in [0.3, 0.4) is 0 Å². The van der Waals surface area contributed by atoms with Crippen LogP contribution in [0, 0.1) is 5.92 Å². The van der Waals surface area contributed by atoms with E-state index in [0.717, 1.165) is 6.26 Å². The highest BCUT2D eigenvalue weighted by Gasteiger charge is 2.33. The lowest BCUT2D eigenvalue weighted by Crippen LogP contribution is -2.51. The van der Waals surface area contributed by atoms with Crippen LogP contribution in [0.1, 0.15) is 19.8 Å². The van der Waals surface area contributed by atoms with Crippen molar-refractivity contribution < 1.29 is 23.1 Å². The average Bonchev–Trinajstić information content (AvgIpc) is 2.43. The van der Waals surface area contributed by atoms with E-state index in [4.69, 9.17) is 5.11 Å². The number of amides is 1. The van der Waals surface area contributed by atoms with Crippen molar-refractivity contribution in [2.75, 3.05) is 37.9 Å². The molecule has 1 fully saturated rings. The summed E-state index contributed by atoms with van der Waals surface area (Å²) in [6, 6.07) is -0.217. The number of aliphatic carboxylic acids is 1. The first-order chi connectivity index (χ1) is 10.2. The largest absolute Gasteiger partial charge is 0.480 e. The van der Waals surface area contributed by atoms with Crippen LogP contribution in [0.2, 0.25) is 0 Å². The standard InChI is InChI=1S/C13H24N2O5S2/c1-10(9-21-2)13(18)15(8-12(16)17)11-4-6-14(7-5-11)22(3,19)20/h10-11H,4-9H2,1-3H3,(H,16,17). The SMILES string of the molecule is CSCC(C)C(=O)N(CC(=O)O)C1CCN(S(C)(=O)=O)CC1. The quantitative estimate of drug-likeness (QED) is 0.709. The second-order valence-electron chi connectivity index (χ2n) is 5.61. The molecule has 1 aliphatic rings. The fourth-order valence-electron chi connectivity index (χ4n) is 2.62. The lowest BCUT2D eigenvalue weighted by molar-refractivity contribution is -0.148. The van der Waals surface area contributed by atoms with E-state index in [-0.39, 0.29) is 24.4 Å². The van der Waals surface area contributed by atoms with Crippen LogP contribution < -0.4 is 0 Å². The first-order valence-corrected chi connectivity index (χ1v) is 10.4. The maximum Gasteiger partial charge on any atom is 0.323 e. The van der Waals surface area contributed by atoms with E-state index in [0.29, 0.717) is 31.7 Å². The van der Waals surface area contributed by atoms with Gasteiger partial charge in [-0.1, -0.05) is 6.92 Å². The molecule has 1 rings (SSSR count). The van der Waals surface area contributed by atoms with Crippen molar-refractivity contribution in [1.29, 1.82) is 0 Å². The topological polar surface area (TPSA) is 95.0 Å². The van der Waals surface area contributed by atoms with Crippen LogP contribution >= 0.6 is 11.8 Å². The number of thioether (sulfide) groups is 1. The fourth-order valence-corrected chi connectivity index (χ4v) is 4.14. The molecule has 22 heavy (non-hydrogen) atoms. The van der Waals surface area contributed by atoms with Crippen LogP contribution in [0.15, 0.2) is 0 Å². The van der Waals surface area contributed by atoms with Gasteiger partial charge in [0, 0.05) is 30.8 Å². The van der Waals surface area contributed by atoms with Gasteiger partial charge in [-0.05, 0) is 19.1 Å². The summed E-state index contributed by atoms with van der Waals surface area (Å²) in [7, 11) is -3.23. The minimum atomic E-state index is -3.23. The number of sulfonamides is 1. The number of hydrogen-bond donors (Lipinski definition) is 1. The molecule has 0 aromatic carbocycles. The number of rotatable bonds is 7. The number of carbonyl (C=O) groups is 2. The van der Waals surface area contributed by atoms with Crippen molar-refractivity contribution in [3.63, 3.8) is 0 Å². The Labute approximate surface area is 136 Å². The Balaban J connectivity index is 2.78. The van der Waals surface area contributed by atoms with Gasteiger partial charge in [0.15, 0.2) is 0 Å². The summed E-state index contributed by atoms with van der Waals surface area (Å²) in [6.45, 7) is 2.11. The Morgan fingerprint density at radius 3 is 2.32 bits per heavy atom. The van der Waals surface area contributed by atoms with Gasteiger partial charge in [0.2, 0.25) is 15.9 Å². The molecule has 1 saturated heterocycles. The summed E-state index contributed by atoms with van der Waals surface area (Å²) in [4.78, 5) is 24.9. The first kappa shape index (κ1) is 19.2. The number of nitrogens with zero attached hydrogens (tertiary/aromatic N) is 2. The molecule has 1 N–H and O–H groups in total. The van der Waals surface area contributed by atoms with E-state index in [1.807, 2.05) is 6.26 Å². The molecule has 0 radical (unpaired) electrons. The highest BCUT2D eigenvalue weighted by atomic mass is 32.2. The third-order valence-corrected chi connectivity index (χ3v) is 5.90. The van der Waals surface area contributed by atoms with Gasteiger partial charge in [-0.15, -0.1) is 0 Å². The molecule has 0 bridgehead atoms. The highest BCUT2D eigenvalue weighted by molar-refractivity contribution is 7.98. The molecule has 0 aliphatic carbocycles. The third kappa shape index (κ3) is 5.44. The first-order valence-electron chi connectivity index (χ1n) is 7.13. The van der Waals surface area contributed by atoms with Crippen molar-refractivity contribution in [3.05, 3.63) is 0 Å². The zero-order valence-electron chi connectivity index (χ0n) is 13.2. The maximum absolute atomic E-state index is 12.5. The fraction of sp³-hybridized carbons (Fsp3) is 0.846. The molecule has 128 valence electrons. The second kappa shape index (κ2) is 8.16. The lowest BCUT2D eigenvalue weighted by atomic mass is 10.0. The van der Waals surface area contributed by atoms with Crippen molar-refractivity contribution in [2.24, 2.45) is 5.92 Å². The van der Waals surface area contributed by atoms with E-state index >= 15 is 0 Å². The second-order valence-corrected chi connectivity index (χ2v) is 8.50. The van der Waals surface area contributed by atoms with Crippen molar-refractivity contribution in [3.8, 4) is 0 Å². The van der Waals surface area contributed by atoms with Crippen LogP contribution in [0.5, 0.6) is 0 Å². The summed E-state index contributed by atoms with van der Waals surface area (Å²) < 4.78 is 24.4. The predicted octanol–water partition coefficient (Wildman–Crippen LogP) is 0.323. The zero-order valence-corrected chi connectivity index (χ0v) is 14.8. The molecule has 7 nitrogen and oxygen atoms in total. The van der Waals surface area contributed by atoms with Gasteiger partial charge < -0.3 is 10.0 Å². The van der Waals surface area contributed by atoms with Crippen LogP contribution in [0.25, 0.3) is 0 Å². The van der Waals surface area contributed by atoms with E-state index < -0.39 is 16.0 Å². The molecular formula is C13H24N2O5S2. The summed E-state index contributed by atoms with van der Waals surface area (Å²) in [5.74, 6) is -0.830. The smallest absolute Gasteiger partial charge is 0.323 e. The Morgan fingerprint density at radius 2 is 1.91 bits per heavy atom. The highest BCUT2D eigenvalue weighted by Crippen LogP contribution is 2.21. The monoisotopic (exact) mass is 352 g/mol. The summed E-state index contributed by atoms with van der Waals surface area (Å²) in [5.41, 5.74) is 0. The maximum atomic E-state index is 12.5. The minimum absolute atomic E-state index is 0.172. The summed E-state index contributed by atoms with van der Waals surface area (Å²) >= 11 is 1.54. The van der Waals surface area contributed by atoms with Gasteiger partial charge >= 0.3 is 5.97 Å². The lowest BCUT2D eigenvalue weighted by Gasteiger charge is -2.38. The van der Waals surface area contributed by atoms with Gasteiger partial charge in [0.1, 0.15) is 6.54 Å². The number of carboxylic acids is 1. The molecule has 1 amide bonds. The molecule has 1 heterocycles. The number of hydrogen-bond acceptors (Lipinski definition) is 5. The van der Waals surface area contributed by atoms with Crippen molar-refractivity contribution in [2.45, 2.75) is 25.8 Å². The molecule has 0 aromatic heterocycles. The Morgan fingerprint density at radius 1 is 1.36 bits per heavy atom. The molecule has 1 aliphatic heterocycles. The van der Waals surface area contributed by atoms with E-state index in [2.05, 4.69) is 0 Å². The normalized spacial score (nSPS) is 18.9. The number of carbonyl (C=O) groups excluding carboxylic acids is 1. The number of piperidine rings is 1. The van der Waals surface area contributed by atoms with Gasteiger partial charge in [0.25, 0.3) is 0 Å². The van der Waals surface area contributed by atoms with Crippen LogP contribution in [-0.4, -0.2) is 78.5 Å². The van der Waals surface area contributed by atoms with Crippen LogP contribution in [-0.2, 0) is 19.6 Å². The van der Waals surface area contributed by atoms with E-state index in [9.17, 15) is 18.0 Å². The van der Waals surface area contributed by atoms with Gasteiger partial charge in [-0.3, -0.25) is 9.59 Å². The van der Waals surface area contributed by atoms with Crippen molar-refractivity contribution in [1.82, 2.24) is 9.21 Å². The molecule has 0 saturated carbocycles.